The zero-order valence-electron chi connectivity index (χ0n) is 11.0. The van der Waals surface area contributed by atoms with Crippen molar-refractivity contribution in [2.75, 3.05) is 19.5 Å². The molecule has 4 nitrogen and oxygen atoms in total. The molecule has 1 atom stereocenters. The second kappa shape index (κ2) is 6.50. The molecule has 1 N–H and O–H groups in total. The normalized spacial score (nSPS) is 11.8. The van der Waals surface area contributed by atoms with Crippen molar-refractivity contribution in [3.05, 3.63) is 17.2 Å². The first-order chi connectivity index (χ1) is 8.53. The van der Waals surface area contributed by atoms with Crippen LogP contribution in [0.4, 0.5) is 5.69 Å². The van der Waals surface area contributed by atoms with Crippen LogP contribution in [-0.2, 0) is 4.79 Å². The summed E-state index contributed by atoms with van der Waals surface area (Å²) in [5, 5.41) is 3.23. The van der Waals surface area contributed by atoms with E-state index < -0.39 is 0 Å². The SMILES string of the molecule is CC[C@H](C)C(=O)Nc1cc(Cl)c(OC)cc1OC. The van der Waals surface area contributed by atoms with Crippen LogP contribution in [-0.4, -0.2) is 20.1 Å². The van der Waals surface area contributed by atoms with E-state index in [-0.39, 0.29) is 11.8 Å². The number of halogens is 1. The Kier molecular flexibility index (Phi) is 5.28. The maximum Gasteiger partial charge on any atom is 0.227 e. The number of methoxy groups -OCH3 is 2. The quantitative estimate of drug-likeness (QED) is 0.893. The molecule has 100 valence electrons. The summed E-state index contributed by atoms with van der Waals surface area (Å²) >= 11 is 6.02. The lowest BCUT2D eigenvalue weighted by Gasteiger charge is -2.15. The highest BCUT2D eigenvalue weighted by Crippen LogP contribution is 2.36. The lowest BCUT2D eigenvalue weighted by atomic mass is 10.1. The fourth-order valence-corrected chi connectivity index (χ4v) is 1.64. The predicted molar refractivity (Wildman–Crippen MR) is 72.6 cm³/mol. The molecule has 0 aromatic heterocycles. The third kappa shape index (κ3) is 3.29. The second-order valence-electron chi connectivity index (χ2n) is 3.99. The van der Waals surface area contributed by atoms with Crippen LogP contribution >= 0.6 is 11.6 Å². The third-order valence-electron chi connectivity index (χ3n) is 2.79. The van der Waals surface area contributed by atoms with Gasteiger partial charge < -0.3 is 14.8 Å². The highest BCUT2D eigenvalue weighted by molar-refractivity contribution is 6.32. The molecule has 0 saturated carbocycles. The number of amides is 1. The van der Waals surface area contributed by atoms with Crippen LogP contribution in [0.15, 0.2) is 12.1 Å². The minimum absolute atomic E-state index is 0.0583. The number of benzene rings is 1. The Labute approximate surface area is 112 Å². The zero-order valence-corrected chi connectivity index (χ0v) is 11.8. The summed E-state index contributed by atoms with van der Waals surface area (Å²) in [6.07, 6.45) is 0.776. The van der Waals surface area contributed by atoms with Crippen LogP contribution in [0.2, 0.25) is 5.02 Å². The van der Waals surface area contributed by atoms with E-state index in [2.05, 4.69) is 5.32 Å². The Balaban J connectivity index is 3.01. The molecular formula is C13H18ClNO3. The van der Waals surface area contributed by atoms with Gasteiger partial charge in [-0.25, -0.2) is 0 Å². The lowest BCUT2D eigenvalue weighted by molar-refractivity contribution is -0.119. The minimum Gasteiger partial charge on any atom is -0.495 e. The number of nitrogens with one attached hydrogen (secondary N) is 1. The van der Waals surface area contributed by atoms with E-state index in [4.69, 9.17) is 21.1 Å². The lowest BCUT2D eigenvalue weighted by Crippen LogP contribution is -2.20. The molecule has 0 aliphatic rings. The molecule has 0 saturated heterocycles. The molecule has 0 aliphatic heterocycles. The number of ether oxygens (including phenoxy) is 2. The van der Waals surface area contributed by atoms with E-state index in [1.54, 1.807) is 12.1 Å². The minimum atomic E-state index is -0.0596. The van der Waals surface area contributed by atoms with Crippen molar-refractivity contribution in [3.8, 4) is 11.5 Å². The highest BCUT2D eigenvalue weighted by atomic mass is 35.5. The van der Waals surface area contributed by atoms with Gasteiger partial charge in [0.1, 0.15) is 11.5 Å². The number of anilines is 1. The van der Waals surface area contributed by atoms with Gasteiger partial charge in [0, 0.05) is 12.0 Å². The van der Waals surface area contributed by atoms with Gasteiger partial charge >= 0.3 is 0 Å². The predicted octanol–water partition coefficient (Wildman–Crippen LogP) is 3.34. The van der Waals surface area contributed by atoms with Crippen molar-refractivity contribution >= 4 is 23.2 Å². The first kappa shape index (κ1) is 14.6. The molecule has 0 unspecified atom stereocenters. The Bertz CT molecular complexity index is 434. The topological polar surface area (TPSA) is 47.6 Å². The van der Waals surface area contributed by atoms with Crippen molar-refractivity contribution in [2.24, 2.45) is 5.92 Å². The molecule has 0 aliphatic carbocycles. The van der Waals surface area contributed by atoms with Gasteiger partial charge in [0.2, 0.25) is 5.91 Å². The Morgan fingerprint density at radius 2 is 1.94 bits per heavy atom. The summed E-state index contributed by atoms with van der Waals surface area (Å²) in [5.41, 5.74) is 0.550. The Morgan fingerprint density at radius 3 is 2.44 bits per heavy atom. The van der Waals surface area contributed by atoms with Crippen LogP contribution in [0, 0.1) is 5.92 Å². The van der Waals surface area contributed by atoms with E-state index in [1.165, 1.54) is 14.2 Å². The van der Waals surface area contributed by atoms with E-state index in [0.717, 1.165) is 6.42 Å². The largest absolute Gasteiger partial charge is 0.495 e. The standard InChI is InChI=1S/C13H18ClNO3/c1-5-8(2)13(16)15-10-6-9(14)11(17-3)7-12(10)18-4/h6-8H,5H2,1-4H3,(H,15,16)/t8-/m0/s1. The van der Waals surface area contributed by atoms with Gasteiger partial charge in [-0.1, -0.05) is 25.4 Å². The molecule has 1 aromatic carbocycles. The van der Waals surface area contributed by atoms with E-state index in [1.807, 2.05) is 13.8 Å². The number of hydrogen-bond acceptors (Lipinski definition) is 3. The summed E-state index contributed by atoms with van der Waals surface area (Å²) < 4.78 is 10.3. The number of rotatable bonds is 5. The Hall–Kier alpha value is -1.42. The average Bonchev–Trinajstić information content (AvgIpc) is 2.38. The van der Waals surface area contributed by atoms with Crippen molar-refractivity contribution < 1.29 is 14.3 Å². The molecule has 1 aromatic rings. The van der Waals surface area contributed by atoms with Crippen LogP contribution < -0.4 is 14.8 Å². The smallest absolute Gasteiger partial charge is 0.227 e. The third-order valence-corrected chi connectivity index (χ3v) is 3.09. The second-order valence-corrected chi connectivity index (χ2v) is 4.39. The molecule has 0 radical (unpaired) electrons. The van der Waals surface area contributed by atoms with Crippen molar-refractivity contribution in [2.45, 2.75) is 20.3 Å². The van der Waals surface area contributed by atoms with Crippen LogP contribution in [0.3, 0.4) is 0 Å². The van der Waals surface area contributed by atoms with Gasteiger partial charge in [0.15, 0.2) is 0 Å². The van der Waals surface area contributed by atoms with E-state index in [0.29, 0.717) is 22.2 Å². The van der Waals surface area contributed by atoms with Gasteiger partial charge in [0.25, 0.3) is 0 Å². The maximum absolute atomic E-state index is 11.8. The molecule has 1 rings (SSSR count). The summed E-state index contributed by atoms with van der Waals surface area (Å²) in [4.78, 5) is 11.8. The van der Waals surface area contributed by atoms with Crippen LogP contribution in [0.5, 0.6) is 11.5 Å². The van der Waals surface area contributed by atoms with Gasteiger partial charge in [0.05, 0.1) is 24.9 Å². The van der Waals surface area contributed by atoms with Gasteiger partial charge in [-0.05, 0) is 12.5 Å². The van der Waals surface area contributed by atoms with Gasteiger partial charge in [-0.3, -0.25) is 4.79 Å². The van der Waals surface area contributed by atoms with Crippen molar-refractivity contribution in [1.82, 2.24) is 0 Å². The number of carbonyl (C=O) groups is 1. The molecular weight excluding hydrogens is 254 g/mol. The summed E-state index contributed by atoms with van der Waals surface area (Å²) in [7, 11) is 3.06. The first-order valence-corrected chi connectivity index (χ1v) is 6.13. The average molecular weight is 272 g/mol. The monoisotopic (exact) mass is 271 g/mol. The zero-order chi connectivity index (χ0) is 13.7. The fraction of sp³-hybridized carbons (Fsp3) is 0.462. The Morgan fingerprint density at radius 1 is 1.33 bits per heavy atom. The molecule has 1 amide bonds. The van der Waals surface area contributed by atoms with Crippen molar-refractivity contribution in [3.63, 3.8) is 0 Å². The molecule has 18 heavy (non-hydrogen) atoms. The number of hydrogen-bond donors (Lipinski definition) is 1. The number of carbonyl (C=O) groups excluding carboxylic acids is 1. The molecule has 0 spiro atoms. The first-order valence-electron chi connectivity index (χ1n) is 5.75. The molecule has 0 heterocycles. The van der Waals surface area contributed by atoms with Crippen molar-refractivity contribution in [1.29, 1.82) is 0 Å². The summed E-state index contributed by atoms with van der Waals surface area (Å²) in [6.45, 7) is 3.83. The molecule has 0 bridgehead atoms. The molecule has 0 fully saturated rings. The van der Waals surface area contributed by atoms with E-state index >= 15 is 0 Å². The van der Waals surface area contributed by atoms with Gasteiger partial charge in [-0.2, -0.15) is 0 Å². The van der Waals surface area contributed by atoms with Crippen LogP contribution in [0.25, 0.3) is 0 Å². The molecule has 5 heteroatoms. The van der Waals surface area contributed by atoms with E-state index in [9.17, 15) is 4.79 Å². The fourth-order valence-electron chi connectivity index (χ4n) is 1.40. The maximum atomic E-state index is 11.8. The highest BCUT2D eigenvalue weighted by Gasteiger charge is 2.15. The van der Waals surface area contributed by atoms with Crippen LogP contribution in [0.1, 0.15) is 20.3 Å². The summed E-state index contributed by atoms with van der Waals surface area (Å²) in [5.74, 6) is 0.913. The van der Waals surface area contributed by atoms with Gasteiger partial charge in [-0.15, -0.1) is 0 Å². The summed E-state index contributed by atoms with van der Waals surface area (Å²) in [6, 6.07) is 3.27.